The van der Waals surface area contributed by atoms with Gasteiger partial charge in [0, 0.05) is 17.6 Å². The first-order valence-corrected chi connectivity index (χ1v) is 4.71. The van der Waals surface area contributed by atoms with E-state index in [1.165, 1.54) is 4.88 Å². The molecule has 5 heteroatoms. The predicted octanol–water partition coefficient (Wildman–Crippen LogP) is 2.37. The molecule has 0 fully saturated rings. The molecule has 0 unspecified atom stereocenters. The second-order valence-electron chi connectivity index (χ2n) is 2.59. The highest BCUT2D eigenvalue weighted by Gasteiger charge is 2.00. The lowest BCUT2D eigenvalue weighted by Crippen LogP contribution is -2.09. The second kappa shape index (κ2) is 5.75. The third kappa shape index (κ3) is 3.72. The van der Waals surface area contributed by atoms with Crippen LogP contribution in [0.3, 0.4) is 0 Å². The van der Waals surface area contributed by atoms with E-state index in [0.29, 0.717) is 5.88 Å². The van der Waals surface area contributed by atoms with Gasteiger partial charge in [0.25, 0.3) is 0 Å². The molecular weight excluding hydrogens is 215 g/mol. The van der Waals surface area contributed by atoms with Gasteiger partial charge in [-0.25, -0.2) is 4.98 Å². The molecule has 0 aliphatic carbocycles. The average molecular weight is 227 g/mol. The molecule has 0 aromatic carbocycles. The van der Waals surface area contributed by atoms with Crippen LogP contribution in [-0.2, 0) is 12.4 Å². The summed E-state index contributed by atoms with van der Waals surface area (Å²) in [6, 6.07) is 0. The van der Waals surface area contributed by atoms with Crippen LogP contribution in [0.4, 0.5) is 0 Å². The number of alkyl halides is 1. The maximum Gasteiger partial charge on any atom is 0.108 e. The lowest BCUT2D eigenvalue weighted by atomic mass is 10.5. The fourth-order valence-corrected chi connectivity index (χ4v) is 1.92. The van der Waals surface area contributed by atoms with Gasteiger partial charge in [-0.05, 0) is 14.1 Å². The van der Waals surface area contributed by atoms with Crippen LogP contribution in [0, 0.1) is 0 Å². The van der Waals surface area contributed by atoms with E-state index < -0.39 is 0 Å². The Hall–Kier alpha value is 0.170. The Kier molecular flexibility index (Phi) is 5.84. The van der Waals surface area contributed by atoms with E-state index in [1.54, 1.807) is 11.3 Å². The maximum atomic E-state index is 5.61. The van der Waals surface area contributed by atoms with Crippen LogP contribution in [0.5, 0.6) is 0 Å². The van der Waals surface area contributed by atoms with E-state index in [-0.39, 0.29) is 12.4 Å². The molecule has 1 rings (SSSR count). The lowest BCUT2D eigenvalue weighted by molar-refractivity contribution is 0.406. The molecule has 1 heterocycles. The van der Waals surface area contributed by atoms with Crippen LogP contribution < -0.4 is 0 Å². The molecule has 0 saturated heterocycles. The molecule has 0 saturated carbocycles. The molecule has 0 amide bonds. The number of thiazole rings is 1. The van der Waals surface area contributed by atoms with Crippen LogP contribution in [0.15, 0.2) is 6.20 Å². The quantitative estimate of drug-likeness (QED) is 0.737. The van der Waals surface area contributed by atoms with E-state index in [2.05, 4.69) is 9.88 Å². The molecule has 1 aromatic rings. The summed E-state index contributed by atoms with van der Waals surface area (Å²) in [5.74, 6) is 0.526. The van der Waals surface area contributed by atoms with Crippen molar-refractivity contribution in [3.8, 4) is 0 Å². The zero-order valence-electron chi connectivity index (χ0n) is 7.08. The number of halogens is 2. The van der Waals surface area contributed by atoms with Crippen LogP contribution >= 0.6 is 35.3 Å². The van der Waals surface area contributed by atoms with E-state index >= 15 is 0 Å². The zero-order valence-corrected chi connectivity index (χ0v) is 9.47. The Morgan fingerprint density at radius 2 is 2.25 bits per heavy atom. The molecular formula is C7H12Cl2N2S. The first-order valence-electron chi connectivity index (χ1n) is 3.36. The smallest absolute Gasteiger partial charge is 0.108 e. The van der Waals surface area contributed by atoms with Crippen molar-refractivity contribution in [2.45, 2.75) is 12.4 Å². The van der Waals surface area contributed by atoms with Crippen molar-refractivity contribution in [3.63, 3.8) is 0 Å². The first-order chi connectivity index (χ1) is 5.22. The van der Waals surface area contributed by atoms with E-state index in [1.807, 2.05) is 20.3 Å². The molecule has 12 heavy (non-hydrogen) atoms. The van der Waals surface area contributed by atoms with Crippen LogP contribution in [0.2, 0.25) is 0 Å². The number of aromatic nitrogens is 1. The summed E-state index contributed by atoms with van der Waals surface area (Å²) in [5.41, 5.74) is 0. The molecule has 2 nitrogen and oxygen atoms in total. The van der Waals surface area contributed by atoms with Gasteiger partial charge in [-0.1, -0.05) is 0 Å². The summed E-state index contributed by atoms with van der Waals surface area (Å²) in [4.78, 5) is 7.53. The Morgan fingerprint density at radius 3 is 2.67 bits per heavy atom. The fourth-order valence-electron chi connectivity index (χ4n) is 0.795. The van der Waals surface area contributed by atoms with Crippen molar-refractivity contribution in [2.75, 3.05) is 14.1 Å². The van der Waals surface area contributed by atoms with Crippen molar-refractivity contribution in [1.82, 2.24) is 9.88 Å². The van der Waals surface area contributed by atoms with Gasteiger partial charge in [0.2, 0.25) is 0 Å². The topological polar surface area (TPSA) is 16.1 Å². The molecule has 0 N–H and O–H groups in total. The summed E-state index contributed by atoms with van der Waals surface area (Å²) in [5, 5.41) is 1.00. The predicted molar refractivity (Wildman–Crippen MR) is 56.3 cm³/mol. The molecule has 0 bridgehead atoms. The van der Waals surface area contributed by atoms with Crippen LogP contribution in [0.25, 0.3) is 0 Å². The van der Waals surface area contributed by atoms with E-state index in [9.17, 15) is 0 Å². The van der Waals surface area contributed by atoms with Gasteiger partial charge in [0.15, 0.2) is 0 Å². The third-order valence-electron chi connectivity index (χ3n) is 1.19. The highest BCUT2D eigenvalue weighted by atomic mass is 35.5. The Balaban J connectivity index is 0.00000121. The van der Waals surface area contributed by atoms with E-state index in [0.717, 1.165) is 11.6 Å². The van der Waals surface area contributed by atoms with Gasteiger partial charge in [0.05, 0.1) is 5.88 Å². The monoisotopic (exact) mass is 226 g/mol. The highest BCUT2D eigenvalue weighted by Crippen LogP contribution is 2.15. The number of hydrogen-bond donors (Lipinski definition) is 0. The van der Waals surface area contributed by atoms with Gasteiger partial charge in [0.1, 0.15) is 5.01 Å². The van der Waals surface area contributed by atoms with Gasteiger partial charge in [-0.3, -0.25) is 0 Å². The third-order valence-corrected chi connectivity index (χ3v) is 2.58. The summed E-state index contributed by atoms with van der Waals surface area (Å²) < 4.78 is 0. The van der Waals surface area contributed by atoms with Crippen molar-refractivity contribution in [2.24, 2.45) is 0 Å². The van der Waals surface area contributed by atoms with Crippen LogP contribution in [0.1, 0.15) is 9.88 Å². The molecule has 70 valence electrons. The summed E-state index contributed by atoms with van der Waals surface area (Å²) >= 11 is 7.29. The summed E-state index contributed by atoms with van der Waals surface area (Å²) in [6.45, 7) is 0.953. The minimum atomic E-state index is 0. The number of hydrogen-bond acceptors (Lipinski definition) is 3. The van der Waals surface area contributed by atoms with Gasteiger partial charge in [-0.2, -0.15) is 0 Å². The number of nitrogens with zero attached hydrogens (tertiary/aromatic N) is 2. The van der Waals surface area contributed by atoms with Gasteiger partial charge >= 0.3 is 0 Å². The lowest BCUT2D eigenvalue weighted by Gasteiger charge is -2.05. The zero-order chi connectivity index (χ0) is 8.27. The molecule has 0 spiro atoms. The Bertz CT molecular complexity index is 225. The normalized spacial score (nSPS) is 10.0. The van der Waals surface area contributed by atoms with Crippen LogP contribution in [-0.4, -0.2) is 24.0 Å². The summed E-state index contributed by atoms with van der Waals surface area (Å²) in [6.07, 6.45) is 1.89. The van der Waals surface area contributed by atoms with Gasteiger partial charge in [-0.15, -0.1) is 35.3 Å². The molecule has 0 aliphatic heterocycles. The van der Waals surface area contributed by atoms with Crippen molar-refractivity contribution in [3.05, 3.63) is 16.1 Å². The van der Waals surface area contributed by atoms with E-state index in [4.69, 9.17) is 11.6 Å². The standard InChI is InChI=1S/C7H11ClN2S.ClH/c1-10(2)5-6-4-9-7(3-8)11-6;/h4H,3,5H2,1-2H3;1H. The van der Waals surface area contributed by atoms with Gasteiger partial charge < -0.3 is 4.90 Å². The fraction of sp³-hybridized carbons (Fsp3) is 0.571. The van der Waals surface area contributed by atoms with Crippen molar-refractivity contribution < 1.29 is 0 Å². The SMILES string of the molecule is CN(C)Cc1cnc(CCl)s1.Cl. The Labute approximate surface area is 88.0 Å². The minimum Gasteiger partial charge on any atom is -0.304 e. The second-order valence-corrected chi connectivity index (χ2v) is 4.06. The van der Waals surface area contributed by atoms with Crippen molar-refractivity contribution in [1.29, 1.82) is 0 Å². The average Bonchev–Trinajstić information content (AvgIpc) is 2.34. The Morgan fingerprint density at radius 1 is 1.58 bits per heavy atom. The highest BCUT2D eigenvalue weighted by molar-refractivity contribution is 7.11. The first kappa shape index (κ1) is 12.2. The molecule has 0 aliphatic rings. The summed E-state index contributed by atoms with van der Waals surface area (Å²) in [7, 11) is 4.08. The minimum absolute atomic E-state index is 0. The maximum absolute atomic E-state index is 5.61. The van der Waals surface area contributed by atoms with Crippen molar-refractivity contribution >= 4 is 35.3 Å². The molecule has 0 atom stereocenters. The molecule has 0 radical (unpaired) electrons. The molecule has 1 aromatic heterocycles. The largest absolute Gasteiger partial charge is 0.304 e. The number of rotatable bonds is 3.